The average Bonchev–Trinajstić information content (AvgIpc) is 2.86. The van der Waals surface area contributed by atoms with E-state index >= 15 is 0 Å². The van der Waals surface area contributed by atoms with Crippen molar-refractivity contribution in [3.05, 3.63) is 113 Å². The van der Waals surface area contributed by atoms with E-state index in [0.717, 1.165) is 16.8 Å². The molecule has 0 aromatic heterocycles. The second kappa shape index (κ2) is 11.2. The summed E-state index contributed by atoms with van der Waals surface area (Å²) in [6.45, 7) is 7.55. The second-order valence-electron chi connectivity index (χ2n) is 9.40. The van der Waals surface area contributed by atoms with Gasteiger partial charge in [0, 0.05) is 11.3 Å². The van der Waals surface area contributed by atoms with Crippen molar-refractivity contribution >= 4 is 23.3 Å². The third-order valence-electron chi connectivity index (χ3n) is 6.00. The highest BCUT2D eigenvalue weighted by Crippen LogP contribution is 2.33. The molecule has 0 fully saturated rings. The molecule has 37 heavy (non-hydrogen) atoms. The van der Waals surface area contributed by atoms with Gasteiger partial charge in [0.1, 0.15) is 11.9 Å². The van der Waals surface area contributed by atoms with Gasteiger partial charge in [0.15, 0.2) is 5.69 Å². The zero-order valence-corrected chi connectivity index (χ0v) is 21.5. The van der Waals surface area contributed by atoms with E-state index < -0.39 is 12.0 Å². The van der Waals surface area contributed by atoms with E-state index in [9.17, 15) is 9.18 Å². The standard InChI is InChI=1S/C30H31FN4O2/c1-18(2)37-30-27(34-29(36)22-10-8-9-19(3)17-22)26(21-13-15-23(31)16-14-21)25(20(4)32)28(35-30)33-24-11-6-5-7-12-24/h5-18,26-27H,32H2,1-4H3,(H,34,36)/p+1/t26-,27-/m0/s1. The predicted octanol–water partition coefficient (Wildman–Crippen LogP) is 3.90. The summed E-state index contributed by atoms with van der Waals surface area (Å²) < 4.78 is 20.1. The van der Waals surface area contributed by atoms with Crippen LogP contribution in [0.4, 0.5) is 10.1 Å². The molecule has 0 saturated heterocycles. The first-order valence-electron chi connectivity index (χ1n) is 12.3. The number of benzene rings is 3. The van der Waals surface area contributed by atoms with Crippen LogP contribution in [0, 0.1) is 12.7 Å². The van der Waals surface area contributed by atoms with Gasteiger partial charge in [-0.1, -0.05) is 48.0 Å². The van der Waals surface area contributed by atoms with Gasteiger partial charge in [-0.3, -0.25) is 4.79 Å². The largest absolute Gasteiger partial charge is 0.461 e. The number of hydrogen-bond acceptors (Lipinski definition) is 4. The van der Waals surface area contributed by atoms with Crippen molar-refractivity contribution in [3.8, 4) is 0 Å². The molecular weight excluding hydrogens is 467 g/mol. The Balaban J connectivity index is 1.91. The predicted molar refractivity (Wildman–Crippen MR) is 144 cm³/mol. The van der Waals surface area contributed by atoms with Crippen LogP contribution in [0.2, 0.25) is 0 Å². The van der Waals surface area contributed by atoms with E-state index in [-0.39, 0.29) is 17.8 Å². The molecule has 0 spiro atoms. The number of nitrogens with two attached hydrogens (primary N) is 1. The number of carbonyl (C=O) groups is 1. The van der Waals surface area contributed by atoms with Crippen LogP contribution in [0.25, 0.3) is 0 Å². The smallest absolute Gasteiger partial charge is 0.329 e. The van der Waals surface area contributed by atoms with Crippen LogP contribution in [-0.2, 0) is 4.74 Å². The van der Waals surface area contributed by atoms with E-state index in [1.807, 2.05) is 69.3 Å². The summed E-state index contributed by atoms with van der Waals surface area (Å²) in [6.07, 6.45) is -0.183. The van der Waals surface area contributed by atoms with Gasteiger partial charge in [-0.2, -0.15) is 0 Å². The normalized spacial score (nSPS) is 19.9. The van der Waals surface area contributed by atoms with Crippen LogP contribution in [0.3, 0.4) is 0 Å². The number of rotatable bonds is 5. The lowest BCUT2D eigenvalue weighted by Gasteiger charge is -2.33. The Morgan fingerprint density at radius 2 is 1.76 bits per heavy atom. The monoisotopic (exact) mass is 499 g/mol. The van der Waals surface area contributed by atoms with Crippen molar-refractivity contribution in [1.29, 1.82) is 0 Å². The molecule has 1 aliphatic rings. The second-order valence-corrected chi connectivity index (χ2v) is 9.40. The minimum Gasteiger partial charge on any atom is -0.461 e. The highest BCUT2D eigenvalue weighted by atomic mass is 19.1. The molecule has 1 aliphatic heterocycles. The lowest BCUT2D eigenvalue weighted by molar-refractivity contribution is -0.338. The lowest BCUT2D eigenvalue weighted by atomic mass is 9.80. The van der Waals surface area contributed by atoms with Gasteiger partial charge in [0.05, 0.1) is 17.6 Å². The first-order chi connectivity index (χ1) is 17.7. The zero-order chi connectivity index (χ0) is 26.5. The summed E-state index contributed by atoms with van der Waals surface area (Å²) in [5, 5.41) is 3.15. The van der Waals surface area contributed by atoms with Crippen molar-refractivity contribution < 1.29 is 18.9 Å². The number of amides is 1. The van der Waals surface area contributed by atoms with Crippen LogP contribution in [-0.4, -0.2) is 29.8 Å². The molecular formula is C30H32FN4O2+. The summed E-state index contributed by atoms with van der Waals surface area (Å²) in [6, 6.07) is 22.4. The van der Waals surface area contributed by atoms with Crippen molar-refractivity contribution in [2.24, 2.45) is 10.7 Å². The third kappa shape index (κ3) is 6.12. The quantitative estimate of drug-likeness (QED) is 0.497. The summed E-state index contributed by atoms with van der Waals surface area (Å²) in [4.78, 5) is 21.6. The van der Waals surface area contributed by atoms with Crippen LogP contribution < -0.4 is 16.0 Å². The molecule has 3 aromatic rings. The van der Waals surface area contributed by atoms with Crippen molar-refractivity contribution in [2.45, 2.75) is 45.8 Å². The summed E-state index contributed by atoms with van der Waals surface area (Å²) in [5.41, 5.74) is 10.7. The van der Waals surface area contributed by atoms with Gasteiger partial charge in [-0.05, 0) is 74.6 Å². The molecule has 1 heterocycles. The number of carbonyl (C=O) groups excluding carboxylic acids is 1. The molecule has 0 bridgehead atoms. The number of hydrogen-bond donors (Lipinski definition) is 3. The highest BCUT2D eigenvalue weighted by Gasteiger charge is 2.44. The Morgan fingerprint density at radius 3 is 2.38 bits per heavy atom. The molecule has 1 amide bonds. The maximum atomic E-state index is 13.9. The zero-order valence-electron chi connectivity index (χ0n) is 21.5. The van der Waals surface area contributed by atoms with Crippen LogP contribution in [0.1, 0.15) is 48.2 Å². The Labute approximate surface area is 216 Å². The minimum absolute atomic E-state index is 0.183. The topological polar surface area (TPSA) is 90.7 Å². The Bertz CT molecular complexity index is 1360. The van der Waals surface area contributed by atoms with E-state index in [1.54, 1.807) is 25.1 Å². The van der Waals surface area contributed by atoms with Crippen LogP contribution >= 0.6 is 0 Å². The third-order valence-corrected chi connectivity index (χ3v) is 6.00. The number of nitrogens with one attached hydrogen (secondary N) is 2. The summed E-state index contributed by atoms with van der Waals surface area (Å²) >= 11 is 0. The van der Waals surface area contributed by atoms with E-state index in [2.05, 4.69) is 10.3 Å². The SMILES string of the molecule is CC(N)=C1C(=Nc2ccccc2)[NH+]=C(OC(C)C)[C@@H](NC(=O)c2cccc(C)c2)[C@H]1c1ccc(F)cc1. The molecule has 3 aromatic carbocycles. The van der Waals surface area contributed by atoms with Crippen molar-refractivity contribution in [1.82, 2.24) is 5.32 Å². The fourth-order valence-electron chi connectivity index (χ4n) is 4.42. The van der Waals surface area contributed by atoms with Gasteiger partial charge in [0.25, 0.3) is 11.8 Å². The molecule has 190 valence electrons. The fraction of sp³-hybridized carbons (Fsp3) is 0.233. The minimum atomic E-state index is -0.649. The highest BCUT2D eigenvalue weighted by molar-refractivity contribution is 6.04. The van der Waals surface area contributed by atoms with Crippen LogP contribution in [0.5, 0.6) is 0 Å². The maximum absolute atomic E-state index is 13.9. The van der Waals surface area contributed by atoms with E-state index in [4.69, 9.17) is 15.5 Å². The Kier molecular flexibility index (Phi) is 7.82. The maximum Gasteiger partial charge on any atom is 0.329 e. The number of nitrogens with zero attached hydrogens (tertiary/aromatic N) is 1. The number of halogens is 1. The molecule has 0 unspecified atom stereocenters. The number of aryl methyl sites for hydroxylation is 1. The molecule has 0 aliphatic carbocycles. The lowest BCUT2D eigenvalue weighted by Crippen LogP contribution is -2.85. The molecule has 2 atom stereocenters. The van der Waals surface area contributed by atoms with E-state index in [1.165, 1.54) is 12.1 Å². The van der Waals surface area contributed by atoms with Gasteiger partial charge in [-0.25, -0.2) is 9.38 Å². The number of allylic oxidation sites excluding steroid dienone is 1. The first kappa shape index (κ1) is 25.8. The first-order valence-corrected chi connectivity index (χ1v) is 12.3. The van der Waals surface area contributed by atoms with Gasteiger partial charge >= 0.3 is 5.84 Å². The molecule has 6 nitrogen and oxygen atoms in total. The number of amidine groups is 1. The molecule has 4 N–H and O–H groups in total. The number of para-hydroxylation sites is 1. The fourth-order valence-corrected chi connectivity index (χ4v) is 4.42. The molecule has 4 rings (SSSR count). The van der Waals surface area contributed by atoms with Gasteiger partial charge in [0.2, 0.25) is 0 Å². The number of aliphatic imine (C=N–C) groups is 1. The molecule has 0 saturated carbocycles. The molecule has 7 heteroatoms. The summed E-state index contributed by atoms with van der Waals surface area (Å²) in [5.74, 6) is -0.155. The number of ether oxygens (including phenoxy) is 1. The Hall–Kier alpha value is -4.26. The van der Waals surface area contributed by atoms with Crippen molar-refractivity contribution in [3.63, 3.8) is 0 Å². The van der Waals surface area contributed by atoms with Gasteiger partial charge in [-0.15, -0.1) is 0 Å². The average molecular weight is 500 g/mol. The molecule has 0 radical (unpaired) electrons. The Morgan fingerprint density at radius 1 is 1.05 bits per heavy atom. The van der Waals surface area contributed by atoms with Crippen molar-refractivity contribution in [2.75, 3.05) is 0 Å². The van der Waals surface area contributed by atoms with Crippen LogP contribution in [0.15, 0.2) is 95.1 Å². The van der Waals surface area contributed by atoms with Gasteiger partial charge < -0.3 is 15.8 Å². The summed E-state index contributed by atoms with van der Waals surface area (Å²) in [7, 11) is 0. The van der Waals surface area contributed by atoms with E-state index in [0.29, 0.717) is 28.6 Å².